The average molecular weight is 375 g/mol. The molecule has 2 unspecified atom stereocenters. The standard InChI is InChI=1S/C22H31OPS/c1-14(25)16-10-8-9-11-18(16)24-19-13-15(21(2,3)4)12-17(20(19)23)22(5,6)7/h8-14,23-25H,1-7H3. The summed E-state index contributed by atoms with van der Waals surface area (Å²) in [7, 11) is 0.419. The molecule has 1 nitrogen and oxygen atoms in total. The smallest absolute Gasteiger partial charge is 0.127 e. The molecule has 0 saturated carbocycles. The molecule has 2 atom stereocenters. The summed E-state index contributed by atoms with van der Waals surface area (Å²) in [5, 5.41) is 13.5. The van der Waals surface area contributed by atoms with Crippen LogP contribution in [0, 0.1) is 0 Å². The number of rotatable bonds is 3. The van der Waals surface area contributed by atoms with E-state index in [0.717, 1.165) is 10.9 Å². The summed E-state index contributed by atoms with van der Waals surface area (Å²) in [4.78, 5) is 0. The lowest BCUT2D eigenvalue weighted by molar-refractivity contribution is 0.449. The summed E-state index contributed by atoms with van der Waals surface area (Å²) in [5.74, 6) is 0.445. The number of hydrogen-bond donors (Lipinski definition) is 2. The largest absolute Gasteiger partial charge is 0.507 e. The summed E-state index contributed by atoms with van der Waals surface area (Å²) in [6.45, 7) is 15.2. The molecule has 1 N–H and O–H groups in total. The van der Waals surface area contributed by atoms with Crippen LogP contribution in [0.1, 0.15) is 70.4 Å². The van der Waals surface area contributed by atoms with E-state index in [0.29, 0.717) is 14.3 Å². The minimum absolute atomic E-state index is 0.0449. The summed E-state index contributed by atoms with van der Waals surface area (Å²) < 4.78 is 0. The minimum Gasteiger partial charge on any atom is -0.507 e. The van der Waals surface area contributed by atoms with Crippen LogP contribution in [0.4, 0.5) is 0 Å². The van der Waals surface area contributed by atoms with Crippen molar-refractivity contribution in [3.8, 4) is 5.75 Å². The van der Waals surface area contributed by atoms with Crippen molar-refractivity contribution in [2.24, 2.45) is 0 Å². The van der Waals surface area contributed by atoms with Crippen LogP contribution < -0.4 is 10.6 Å². The maximum absolute atomic E-state index is 11.0. The lowest BCUT2D eigenvalue weighted by Crippen LogP contribution is -2.21. The zero-order valence-electron chi connectivity index (χ0n) is 16.4. The molecule has 0 amide bonds. The van der Waals surface area contributed by atoms with Crippen LogP contribution in [-0.4, -0.2) is 5.11 Å². The van der Waals surface area contributed by atoms with Gasteiger partial charge in [0.15, 0.2) is 0 Å². The zero-order chi connectivity index (χ0) is 19.0. The molecular formula is C22H31OPS. The number of benzene rings is 2. The number of thiol groups is 1. The molecular weight excluding hydrogens is 343 g/mol. The predicted octanol–water partition coefficient (Wildman–Crippen LogP) is 5.61. The van der Waals surface area contributed by atoms with Gasteiger partial charge in [-0.25, -0.2) is 0 Å². The Balaban J connectivity index is 2.62. The summed E-state index contributed by atoms with van der Waals surface area (Å²) in [5.41, 5.74) is 3.49. The van der Waals surface area contributed by atoms with E-state index in [4.69, 9.17) is 0 Å². The van der Waals surface area contributed by atoms with Gasteiger partial charge in [-0.05, 0) is 40.3 Å². The van der Waals surface area contributed by atoms with Crippen LogP contribution in [-0.2, 0) is 10.8 Å². The van der Waals surface area contributed by atoms with E-state index >= 15 is 0 Å². The van der Waals surface area contributed by atoms with Gasteiger partial charge in [-0.15, -0.1) is 0 Å². The van der Waals surface area contributed by atoms with E-state index in [2.05, 4.69) is 97.5 Å². The number of aromatic hydroxyl groups is 1. The van der Waals surface area contributed by atoms with Crippen molar-refractivity contribution in [2.45, 2.75) is 64.5 Å². The van der Waals surface area contributed by atoms with Crippen LogP contribution in [0.3, 0.4) is 0 Å². The van der Waals surface area contributed by atoms with Crippen LogP contribution in [0.5, 0.6) is 5.75 Å². The Kier molecular flexibility index (Phi) is 5.96. The van der Waals surface area contributed by atoms with Gasteiger partial charge in [-0.3, -0.25) is 0 Å². The molecule has 0 aliphatic heterocycles. The fraction of sp³-hybridized carbons (Fsp3) is 0.455. The highest BCUT2D eigenvalue weighted by Gasteiger charge is 2.25. The van der Waals surface area contributed by atoms with E-state index in [1.165, 1.54) is 16.4 Å². The first-order chi connectivity index (χ1) is 11.4. The maximum atomic E-state index is 11.0. The fourth-order valence-electron chi connectivity index (χ4n) is 2.85. The molecule has 2 aromatic carbocycles. The Bertz CT molecular complexity index is 752. The van der Waals surface area contributed by atoms with Gasteiger partial charge in [-0.1, -0.05) is 80.5 Å². The van der Waals surface area contributed by atoms with Crippen molar-refractivity contribution in [1.29, 1.82) is 0 Å². The highest BCUT2D eigenvalue weighted by atomic mass is 32.1. The Morgan fingerprint density at radius 3 is 2.04 bits per heavy atom. The Labute approximate surface area is 160 Å². The summed E-state index contributed by atoms with van der Waals surface area (Å²) in [6, 6.07) is 12.8. The maximum Gasteiger partial charge on any atom is 0.127 e. The summed E-state index contributed by atoms with van der Waals surface area (Å²) >= 11 is 4.62. The molecule has 0 aromatic heterocycles. The van der Waals surface area contributed by atoms with Gasteiger partial charge in [0, 0.05) is 16.1 Å². The monoisotopic (exact) mass is 374 g/mol. The number of phenols is 1. The first-order valence-electron chi connectivity index (χ1n) is 8.83. The third-order valence-corrected chi connectivity index (χ3v) is 6.12. The number of hydrogen-bond acceptors (Lipinski definition) is 2. The molecule has 25 heavy (non-hydrogen) atoms. The molecule has 0 heterocycles. The molecule has 0 bridgehead atoms. The van der Waals surface area contributed by atoms with Gasteiger partial charge in [0.25, 0.3) is 0 Å². The van der Waals surface area contributed by atoms with Crippen molar-refractivity contribution >= 4 is 31.8 Å². The van der Waals surface area contributed by atoms with Crippen molar-refractivity contribution in [3.05, 3.63) is 53.1 Å². The van der Waals surface area contributed by atoms with Crippen molar-refractivity contribution in [3.63, 3.8) is 0 Å². The van der Waals surface area contributed by atoms with E-state index in [9.17, 15) is 5.11 Å². The first-order valence-corrected chi connectivity index (χ1v) is 10.3. The summed E-state index contributed by atoms with van der Waals surface area (Å²) in [6.07, 6.45) is 0. The fourth-order valence-corrected chi connectivity index (χ4v) is 4.60. The van der Waals surface area contributed by atoms with Gasteiger partial charge in [-0.2, -0.15) is 12.6 Å². The van der Waals surface area contributed by atoms with E-state index < -0.39 is 0 Å². The third-order valence-electron chi connectivity index (χ3n) is 4.46. The van der Waals surface area contributed by atoms with Crippen LogP contribution in [0.25, 0.3) is 0 Å². The van der Waals surface area contributed by atoms with Crippen LogP contribution >= 0.6 is 21.2 Å². The molecule has 0 aliphatic rings. The molecule has 0 saturated heterocycles. The van der Waals surface area contributed by atoms with Crippen LogP contribution in [0.15, 0.2) is 36.4 Å². The van der Waals surface area contributed by atoms with Gasteiger partial charge >= 0.3 is 0 Å². The first kappa shape index (κ1) is 20.3. The van der Waals surface area contributed by atoms with Crippen molar-refractivity contribution in [1.82, 2.24) is 0 Å². The lowest BCUT2D eigenvalue weighted by Gasteiger charge is -2.28. The Morgan fingerprint density at radius 1 is 0.920 bits per heavy atom. The molecule has 136 valence electrons. The molecule has 0 radical (unpaired) electrons. The zero-order valence-corrected chi connectivity index (χ0v) is 18.3. The highest BCUT2D eigenvalue weighted by molar-refractivity contribution is 7.80. The van der Waals surface area contributed by atoms with Gasteiger partial charge < -0.3 is 5.11 Å². The van der Waals surface area contributed by atoms with Crippen molar-refractivity contribution in [2.75, 3.05) is 0 Å². The van der Waals surface area contributed by atoms with Crippen LogP contribution in [0.2, 0.25) is 0 Å². The topological polar surface area (TPSA) is 20.2 Å². The molecule has 0 spiro atoms. The Hall–Kier alpha value is -0.980. The highest BCUT2D eigenvalue weighted by Crippen LogP contribution is 2.37. The van der Waals surface area contributed by atoms with E-state index in [1.807, 2.05) is 0 Å². The van der Waals surface area contributed by atoms with Gasteiger partial charge in [0.2, 0.25) is 0 Å². The molecule has 0 fully saturated rings. The Morgan fingerprint density at radius 2 is 1.52 bits per heavy atom. The minimum atomic E-state index is -0.0963. The second kappa shape index (κ2) is 7.33. The second-order valence-electron chi connectivity index (χ2n) is 8.81. The van der Waals surface area contributed by atoms with Gasteiger partial charge in [0.05, 0.1) is 0 Å². The van der Waals surface area contributed by atoms with E-state index in [1.54, 1.807) is 0 Å². The normalized spacial score (nSPS) is 14.2. The average Bonchev–Trinajstić information content (AvgIpc) is 2.47. The molecule has 2 rings (SSSR count). The quantitative estimate of drug-likeness (QED) is 0.529. The third kappa shape index (κ3) is 4.80. The van der Waals surface area contributed by atoms with Crippen molar-refractivity contribution < 1.29 is 5.11 Å². The molecule has 2 aromatic rings. The SMILES string of the molecule is CC(S)c1ccccc1Pc1cc(C(C)(C)C)cc(C(C)(C)C)c1O. The molecule has 3 heteroatoms. The van der Waals surface area contributed by atoms with Gasteiger partial charge in [0.1, 0.15) is 5.75 Å². The number of phenolic OH excluding ortho intramolecular Hbond substituents is 1. The van der Waals surface area contributed by atoms with E-state index in [-0.39, 0.29) is 16.1 Å². The lowest BCUT2D eigenvalue weighted by atomic mass is 9.80. The predicted molar refractivity (Wildman–Crippen MR) is 117 cm³/mol. The molecule has 0 aliphatic carbocycles. The second-order valence-corrected chi connectivity index (χ2v) is 10.9.